The molecule has 1 aliphatic rings. The molecule has 2 aromatic carbocycles. The van der Waals surface area contributed by atoms with E-state index in [0.29, 0.717) is 4.90 Å². The molecule has 1 aliphatic heterocycles. The van der Waals surface area contributed by atoms with E-state index in [1.165, 1.54) is 30.3 Å². The lowest BCUT2D eigenvalue weighted by Crippen LogP contribution is -2.54. The molecule has 6 nitrogen and oxygen atoms in total. The third-order valence-corrected chi connectivity index (χ3v) is 4.11. The number of imide groups is 2. The zero-order chi connectivity index (χ0) is 19.0. The third-order valence-electron chi connectivity index (χ3n) is 3.54. The van der Waals surface area contributed by atoms with Crippen molar-refractivity contribution in [3.8, 4) is 5.75 Å². The number of barbiturate groups is 1. The minimum absolute atomic E-state index is 0.0699. The van der Waals surface area contributed by atoms with Crippen molar-refractivity contribution in [2.45, 2.75) is 0 Å². The number of urea groups is 1. The molecule has 0 bridgehead atoms. The van der Waals surface area contributed by atoms with E-state index in [-0.39, 0.29) is 32.6 Å². The standard InChI is InChI=1S/C17H9Cl2FN2O4/c18-12-6-8(7-13(19)14(12)23)5-11-15(24)21-17(26)22(16(11)25)10-3-1-9(20)2-4-10/h1-7,23H,(H,21,24,26)/b11-5+. The topological polar surface area (TPSA) is 86.7 Å². The fourth-order valence-electron chi connectivity index (χ4n) is 2.32. The van der Waals surface area contributed by atoms with Gasteiger partial charge >= 0.3 is 6.03 Å². The highest BCUT2D eigenvalue weighted by molar-refractivity contribution is 6.40. The van der Waals surface area contributed by atoms with E-state index < -0.39 is 23.7 Å². The number of phenolic OH excluding ortho intramolecular Hbond substituents is 1. The SMILES string of the molecule is O=C1NC(=O)N(c2ccc(F)cc2)C(=O)/C1=C/c1cc(Cl)c(O)c(Cl)c1. The summed E-state index contributed by atoms with van der Waals surface area (Å²) >= 11 is 11.6. The van der Waals surface area contributed by atoms with Crippen molar-refractivity contribution in [3.63, 3.8) is 0 Å². The van der Waals surface area contributed by atoms with Crippen LogP contribution in [0, 0.1) is 5.82 Å². The minimum atomic E-state index is -0.953. The van der Waals surface area contributed by atoms with Gasteiger partial charge in [0.1, 0.15) is 11.4 Å². The molecule has 132 valence electrons. The van der Waals surface area contributed by atoms with Gasteiger partial charge in [0.2, 0.25) is 0 Å². The maximum absolute atomic E-state index is 13.1. The van der Waals surface area contributed by atoms with E-state index in [9.17, 15) is 23.9 Å². The van der Waals surface area contributed by atoms with Crippen molar-refractivity contribution < 1.29 is 23.9 Å². The number of anilines is 1. The molecule has 2 aromatic rings. The normalized spacial score (nSPS) is 16.2. The summed E-state index contributed by atoms with van der Waals surface area (Å²) in [7, 11) is 0. The molecule has 0 aromatic heterocycles. The molecule has 0 spiro atoms. The average Bonchev–Trinajstić information content (AvgIpc) is 2.58. The highest BCUT2D eigenvalue weighted by Gasteiger charge is 2.36. The minimum Gasteiger partial charge on any atom is -0.505 e. The van der Waals surface area contributed by atoms with Crippen molar-refractivity contribution in [1.82, 2.24) is 5.32 Å². The number of phenols is 1. The lowest BCUT2D eigenvalue weighted by Gasteiger charge is -2.26. The van der Waals surface area contributed by atoms with Gasteiger partial charge in [-0.15, -0.1) is 0 Å². The average molecular weight is 395 g/mol. The van der Waals surface area contributed by atoms with Crippen molar-refractivity contribution in [2.24, 2.45) is 0 Å². The molecule has 1 fully saturated rings. The van der Waals surface area contributed by atoms with Gasteiger partial charge in [0.15, 0.2) is 5.75 Å². The molecule has 3 rings (SSSR count). The maximum atomic E-state index is 13.1. The number of aromatic hydroxyl groups is 1. The summed E-state index contributed by atoms with van der Waals surface area (Å²) in [6, 6.07) is 6.27. The van der Waals surface area contributed by atoms with Gasteiger partial charge in [0.05, 0.1) is 15.7 Å². The van der Waals surface area contributed by atoms with Gasteiger partial charge in [-0.05, 0) is 48.0 Å². The van der Waals surface area contributed by atoms with Crippen molar-refractivity contribution in [3.05, 3.63) is 63.4 Å². The van der Waals surface area contributed by atoms with Crippen molar-refractivity contribution in [2.75, 3.05) is 4.90 Å². The van der Waals surface area contributed by atoms with Crippen LogP contribution in [0.25, 0.3) is 6.08 Å². The first-order valence-electron chi connectivity index (χ1n) is 7.13. The van der Waals surface area contributed by atoms with Crippen LogP contribution in [0.3, 0.4) is 0 Å². The van der Waals surface area contributed by atoms with Gasteiger partial charge in [-0.1, -0.05) is 23.2 Å². The molecular weight excluding hydrogens is 386 g/mol. The molecule has 26 heavy (non-hydrogen) atoms. The molecule has 1 saturated heterocycles. The number of hydrogen-bond donors (Lipinski definition) is 2. The highest BCUT2D eigenvalue weighted by atomic mass is 35.5. The number of carbonyl (C=O) groups excluding carboxylic acids is 3. The van der Waals surface area contributed by atoms with Gasteiger partial charge in [0, 0.05) is 0 Å². The Balaban J connectivity index is 2.04. The Hall–Kier alpha value is -2.90. The zero-order valence-electron chi connectivity index (χ0n) is 12.8. The second kappa shape index (κ2) is 6.78. The summed E-state index contributed by atoms with van der Waals surface area (Å²) in [6.07, 6.45) is 1.18. The summed E-state index contributed by atoms with van der Waals surface area (Å²) in [5.74, 6) is -2.68. The van der Waals surface area contributed by atoms with Crippen LogP contribution in [0.15, 0.2) is 42.0 Å². The smallest absolute Gasteiger partial charge is 0.335 e. The van der Waals surface area contributed by atoms with Gasteiger partial charge in [0.25, 0.3) is 11.8 Å². The van der Waals surface area contributed by atoms with Crippen molar-refractivity contribution >= 4 is 52.8 Å². The predicted molar refractivity (Wildman–Crippen MR) is 93.5 cm³/mol. The van der Waals surface area contributed by atoms with Crippen LogP contribution < -0.4 is 10.2 Å². The Bertz CT molecular complexity index is 950. The monoisotopic (exact) mass is 394 g/mol. The molecule has 1 heterocycles. The van der Waals surface area contributed by atoms with Crippen LogP contribution in [-0.2, 0) is 9.59 Å². The lowest BCUT2D eigenvalue weighted by molar-refractivity contribution is -0.122. The number of halogens is 3. The molecule has 2 N–H and O–H groups in total. The van der Waals surface area contributed by atoms with Crippen LogP contribution in [0.5, 0.6) is 5.75 Å². The fourth-order valence-corrected chi connectivity index (χ4v) is 2.82. The van der Waals surface area contributed by atoms with Crippen LogP contribution in [-0.4, -0.2) is 23.0 Å². The van der Waals surface area contributed by atoms with Crippen LogP contribution in [0.2, 0.25) is 10.0 Å². The first-order chi connectivity index (χ1) is 12.3. The summed E-state index contributed by atoms with van der Waals surface area (Å²) < 4.78 is 13.1. The molecule has 0 atom stereocenters. The lowest BCUT2D eigenvalue weighted by atomic mass is 10.1. The molecule has 0 unspecified atom stereocenters. The van der Waals surface area contributed by atoms with Gasteiger partial charge < -0.3 is 5.11 Å². The first kappa shape index (κ1) is 17.9. The van der Waals surface area contributed by atoms with E-state index in [2.05, 4.69) is 0 Å². The summed E-state index contributed by atoms with van der Waals surface area (Å²) in [5, 5.41) is 11.5. The number of amides is 4. The molecule has 0 saturated carbocycles. The van der Waals surface area contributed by atoms with Crippen molar-refractivity contribution in [1.29, 1.82) is 0 Å². The number of carbonyl (C=O) groups is 3. The summed E-state index contributed by atoms with van der Waals surface area (Å²) in [6.45, 7) is 0. The molecular formula is C17H9Cl2FN2O4. The van der Waals surface area contributed by atoms with E-state index >= 15 is 0 Å². The van der Waals surface area contributed by atoms with E-state index in [0.717, 1.165) is 12.1 Å². The first-order valence-corrected chi connectivity index (χ1v) is 7.88. The Morgan fingerprint density at radius 3 is 2.19 bits per heavy atom. The van der Waals surface area contributed by atoms with Crippen LogP contribution >= 0.6 is 23.2 Å². The second-order valence-corrected chi connectivity index (χ2v) is 6.08. The number of hydrogen-bond acceptors (Lipinski definition) is 4. The largest absolute Gasteiger partial charge is 0.505 e. The molecule has 0 radical (unpaired) electrons. The Morgan fingerprint density at radius 1 is 1.04 bits per heavy atom. The van der Waals surface area contributed by atoms with Crippen LogP contribution in [0.4, 0.5) is 14.9 Å². The highest BCUT2D eigenvalue weighted by Crippen LogP contribution is 2.33. The predicted octanol–water partition coefficient (Wildman–Crippen LogP) is 3.50. The number of nitrogens with zero attached hydrogens (tertiary/aromatic N) is 1. The van der Waals surface area contributed by atoms with Gasteiger partial charge in [-0.3, -0.25) is 14.9 Å². The quantitative estimate of drug-likeness (QED) is 0.602. The number of nitrogens with one attached hydrogen (secondary N) is 1. The molecule has 9 heteroatoms. The second-order valence-electron chi connectivity index (χ2n) is 5.27. The van der Waals surface area contributed by atoms with Gasteiger partial charge in [-0.25, -0.2) is 14.1 Å². The third kappa shape index (κ3) is 3.26. The molecule has 0 aliphatic carbocycles. The summed E-state index contributed by atoms with van der Waals surface area (Å²) in [5.41, 5.74) is 0.00511. The van der Waals surface area contributed by atoms with E-state index in [1.54, 1.807) is 0 Å². The van der Waals surface area contributed by atoms with E-state index in [4.69, 9.17) is 23.2 Å². The number of rotatable bonds is 2. The van der Waals surface area contributed by atoms with Gasteiger partial charge in [-0.2, -0.15) is 0 Å². The zero-order valence-corrected chi connectivity index (χ0v) is 14.3. The van der Waals surface area contributed by atoms with Crippen LogP contribution in [0.1, 0.15) is 5.56 Å². The summed E-state index contributed by atoms with van der Waals surface area (Å²) in [4.78, 5) is 37.4. The Labute approximate surface area is 156 Å². The Morgan fingerprint density at radius 2 is 1.62 bits per heavy atom. The number of benzene rings is 2. The Kier molecular flexibility index (Phi) is 4.67. The fraction of sp³-hybridized carbons (Fsp3) is 0. The maximum Gasteiger partial charge on any atom is 0.335 e. The molecule has 4 amide bonds. The van der Waals surface area contributed by atoms with E-state index in [1.807, 2.05) is 5.32 Å².